The fourth-order valence-electron chi connectivity index (χ4n) is 1.60. The van der Waals surface area contributed by atoms with E-state index in [1.54, 1.807) is 0 Å². The monoisotopic (exact) mass is 212 g/mol. The van der Waals surface area contributed by atoms with Crippen LogP contribution in [0, 0.1) is 0 Å². The van der Waals surface area contributed by atoms with Gasteiger partial charge in [-0.25, -0.2) is 8.42 Å². The van der Waals surface area contributed by atoms with Crippen molar-refractivity contribution in [3.05, 3.63) is 29.8 Å². The zero-order chi connectivity index (χ0) is 10.2. The van der Waals surface area contributed by atoms with Gasteiger partial charge in [0.15, 0.2) is 15.3 Å². The molecule has 0 N–H and O–H groups in total. The summed E-state index contributed by atoms with van der Waals surface area (Å²) in [5.74, 6) is 0.703. The van der Waals surface area contributed by atoms with Crippen molar-refractivity contribution in [3.63, 3.8) is 0 Å². The molecule has 1 unspecified atom stereocenters. The van der Waals surface area contributed by atoms with E-state index in [9.17, 15) is 8.42 Å². The second kappa shape index (κ2) is 3.28. The third-order valence-electron chi connectivity index (χ3n) is 2.36. The minimum absolute atomic E-state index is 0.551. The molecule has 14 heavy (non-hydrogen) atoms. The van der Waals surface area contributed by atoms with Crippen molar-refractivity contribution >= 4 is 9.84 Å². The van der Waals surface area contributed by atoms with Gasteiger partial charge in [0, 0.05) is 12.7 Å². The van der Waals surface area contributed by atoms with Crippen LogP contribution in [0.3, 0.4) is 0 Å². The lowest BCUT2D eigenvalue weighted by atomic mass is 10.1. The molecule has 0 aromatic heterocycles. The van der Waals surface area contributed by atoms with Gasteiger partial charge >= 0.3 is 0 Å². The van der Waals surface area contributed by atoms with Crippen LogP contribution in [0.1, 0.15) is 12.0 Å². The fourth-order valence-corrected chi connectivity index (χ4v) is 2.43. The molecule has 0 aliphatic carbocycles. The van der Waals surface area contributed by atoms with Crippen molar-refractivity contribution in [1.29, 1.82) is 0 Å². The second-order valence-corrected chi connectivity index (χ2v) is 5.71. The van der Waals surface area contributed by atoms with Gasteiger partial charge in [0.2, 0.25) is 0 Å². The highest BCUT2D eigenvalue weighted by atomic mass is 32.2. The van der Waals surface area contributed by atoms with Crippen molar-refractivity contribution in [2.45, 2.75) is 18.3 Å². The number of fused-ring (bicyclic) bond motifs is 1. The molecule has 1 aliphatic rings. The molecule has 1 aromatic rings. The van der Waals surface area contributed by atoms with Crippen LogP contribution in [0.5, 0.6) is 5.75 Å². The van der Waals surface area contributed by atoms with E-state index in [0.717, 1.165) is 12.0 Å². The Hall–Kier alpha value is -1.03. The first kappa shape index (κ1) is 9.52. The van der Waals surface area contributed by atoms with Crippen molar-refractivity contribution in [3.8, 4) is 5.75 Å². The van der Waals surface area contributed by atoms with E-state index in [1.165, 1.54) is 6.26 Å². The number of ether oxygens (including phenoxy) is 1. The SMILES string of the molecule is CS(=O)(=O)C1CCc2ccccc2O1. The Labute approximate surface area is 83.6 Å². The Morgan fingerprint density at radius 2 is 2.07 bits per heavy atom. The third-order valence-corrected chi connectivity index (χ3v) is 3.64. The number of rotatable bonds is 1. The minimum Gasteiger partial charge on any atom is -0.474 e. The Morgan fingerprint density at radius 1 is 1.36 bits per heavy atom. The normalized spacial score (nSPS) is 21.1. The highest BCUT2D eigenvalue weighted by molar-refractivity contribution is 7.91. The Balaban J connectivity index is 2.30. The summed E-state index contributed by atoms with van der Waals surface area (Å²) >= 11 is 0. The number of para-hydroxylation sites is 1. The first-order valence-electron chi connectivity index (χ1n) is 4.51. The summed E-state index contributed by atoms with van der Waals surface area (Å²) < 4.78 is 28.0. The molecule has 0 bridgehead atoms. The summed E-state index contributed by atoms with van der Waals surface area (Å²) in [6.45, 7) is 0. The average molecular weight is 212 g/mol. The second-order valence-electron chi connectivity index (χ2n) is 3.52. The highest BCUT2D eigenvalue weighted by Crippen LogP contribution is 2.28. The van der Waals surface area contributed by atoms with Gasteiger partial charge in [-0.2, -0.15) is 0 Å². The van der Waals surface area contributed by atoms with Crippen molar-refractivity contribution in [1.82, 2.24) is 0 Å². The number of hydrogen-bond acceptors (Lipinski definition) is 3. The average Bonchev–Trinajstić information content (AvgIpc) is 2.16. The molecular weight excluding hydrogens is 200 g/mol. The summed E-state index contributed by atoms with van der Waals surface area (Å²) in [5, 5.41) is 0. The molecule has 0 radical (unpaired) electrons. The third kappa shape index (κ3) is 1.75. The smallest absolute Gasteiger partial charge is 0.199 e. The van der Waals surface area contributed by atoms with E-state index in [1.807, 2.05) is 24.3 Å². The zero-order valence-corrected chi connectivity index (χ0v) is 8.75. The topological polar surface area (TPSA) is 43.4 Å². The van der Waals surface area contributed by atoms with Crippen molar-refractivity contribution in [2.75, 3.05) is 6.26 Å². The van der Waals surface area contributed by atoms with E-state index in [2.05, 4.69) is 0 Å². The van der Waals surface area contributed by atoms with Gasteiger partial charge in [0.1, 0.15) is 5.75 Å². The van der Waals surface area contributed by atoms with Crippen LogP contribution >= 0.6 is 0 Å². The van der Waals surface area contributed by atoms with Gasteiger partial charge in [-0.05, 0) is 18.1 Å². The van der Waals surface area contributed by atoms with Crippen LogP contribution in [0.25, 0.3) is 0 Å². The van der Waals surface area contributed by atoms with Crippen molar-refractivity contribution in [2.24, 2.45) is 0 Å². The predicted octanol–water partition coefficient (Wildman–Crippen LogP) is 1.38. The van der Waals surface area contributed by atoms with Crippen LogP contribution in [0.4, 0.5) is 0 Å². The van der Waals surface area contributed by atoms with Gasteiger partial charge < -0.3 is 4.74 Å². The molecule has 2 rings (SSSR count). The maximum atomic E-state index is 11.3. The van der Waals surface area contributed by atoms with E-state index in [0.29, 0.717) is 12.2 Å². The van der Waals surface area contributed by atoms with E-state index in [4.69, 9.17) is 4.74 Å². The molecule has 0 spiro atoms. The first-order valence-corrected chi connectivity index (χ1v) is 6.46. The van der Waals surface area contributed by atoms with Gasteiger partial charge in [0.05, 0.1) is 0 Å². The quantitative estimate of drug-likeness (QED) is 0.706. The number of hydrogen-bond donors (Lipinski definition) is 0. The first-order chi connectivity index (χ1) is 6.57. The standard InChI is InChI=1S/C10H12O3S/c1-14(11,12)10-7-6-8-4-2-3-5-9(8)13-10/h2-5,10H,6-7H2,1H3. The van der Waals surface area contributed by atoms with Crippen LogP contribution in [0.15, 0.2) is 24.3 Å². The molecule has 3 nitrogen and oxygen atoms in total. The maximum absolute atomic E-state index is 11.3. The van der Waals surface area contributed by atoms with E-state index >= 15 is 0 Å². The zero-order valence-electron chi connectivity index (χ0n) is 7.93. The van der Waals surface area contributed by atoms with Gasteiger partial charge in [-0.15, -0.1) is 0 Å². The van der Waals surface area contributed by atoms with Crippen molar-refractivity contribution < 1.29 is 13.2 Å². The Bertz CT molecular complexity index is 436. The summed E-state index contributed by atoms with van der Waals surface area (Å²) in [4.78, 5) is 0. The lowest BCUT2D eigenvalue weighted by Gasteiger charge is -2.24. The molecule has 0 fully saturated rings. The molecule has 0 amide bonds. The predicted molar refractivity (Wildman–Crippen MR) is 54.0 cm³/mol. The highest BCUT2D eigenvalue weighted by Gasteiger charge is 2.27. The molecule has 0 saturated carbocycles. The summed E-state index contributed by atoms with van der Waals surface area (Å²) in [6.07, 6.45) is 2.54. The van der Waals surface area contributed by atoms with E-state index in [-0.39, 0.29) is 0 Å². The molecular formula is C10H12O3S. The van der Waals surface area contributed by atoms with Gasteiger partial charge in [-0.3, -0.25) is 0 Å². The summed E-state index contributed by atoms with van der Waals surface area (Å²) in [5.41, 5.74) is 0.421. The number of aryl methyl sites for hydroxylation is 1. The number of benzene rings is 1. The molecule has 76 valence electrons. The molecule has 1 aromatic carbocycles. The lowest BCUT2D eigenvalue weighted by molar-refractivity contribution is 0.243. The van der Waals surface area contributed by atoms with E-state index < -0.39 is 15.3 Å². The Morgan fingerprint density at radius 3 is 2.79 bits per heavy atom. The van der Waals surface area contributed by atoms with Crippen LogP contribution in [-0.4, -0.2) is 20.1 Å². The van der Waals surface area contributed by atoms with Gasteiger partial charge in [-0.1, -0.05) is 18.2 Å². The Kier molecular flexibility index (Phi) is 2.23. The summed E-state index contributed by atoms with van der Waals surface area (Å²) in [7, 11) is -3.09. The molecule has 4 heteroatoms. The minimum atomic E-state index is -3.09. The largest absolute Gasteiger partial charge is 0.474 e. The van der Waals surface area contributed by atoms with Gasteiger partial charge in [0.25, 0.3) is 0 Å². The van der Waals surface area contributed by atoms with Crippen LogP contribution in [0.2, 0.25) is 0 Å². The van der Waals surface area contributed by atoms with Crippen LogP contribution in [-0.2, 0) is 16.3 Å². The molecule has 1 aliphatic heterocycles. The lowest BCUT2D eigenvalue weighted by Crippen LogP contribution is -2.30. The fraction of sp³-hybridized carbons (Fsp3) is 0.400. The maximum Gasteiger partial charge on any atom is 0.199 e. The summed E-state index contributed by atoms with van der Waals surface area (Å²) in [6, 6.07) is 7.56. The molecule has 1 heterocycles. The molecule has 1 atom stereocenters. The molecule has 0 saturated heterocycles. The van der Waals surface area contributed by atoms with Crippen LogP contribution < -0.4 is 4.74 Å². The number of sulfone groups is 1.